The van der Waals surface area contributed by atoms with Crippen LogP contribution >= 0.6 is 0 Å². The van der Waals surface area contributed by atoms with Crippen LogP contribution in [0.15, 0.2) is 53.4 Å². The van der Waals surface area contributed by atoms with Crippen molar-refractivity contribution in [3.05, 3.63) is 59.9 Å². The molecule has 0 unspecified atom stereocenters. The number of rotatable bonds is 6. The summed E-state index contributed by atoms with van der Waals surface area (Å²) in [4.78, 5) is 12.1. The molecular formula is C17H18FNO3S. The molecule has 1 amide bonds. The van der Waals surface area contributed by atoms with Crippen LogP contribution in [-0.4, -0.2) is 20.1 Å². The Bertz CT molecular complexity index is 786. The van der Waals surface area contributed by atoms with Gasteiger partial charge >= 0.3 is 0 Å². The summed E-state index contributed by atoms with van der Waals surface area (Å²) in [7, 11) is -3.24. The molecule has 0 aliphatic heterocycles. The number of sulfone groups is 1. The Hall–Kier alpha value is -2.21. The minimum atomic E-state index is -3.24. The first-order chi connectivity index (χ1) is 10.9. The van der Waals surface area contributed by atoms with Crippen molar-refractivity contribution in [2.75, 3.05) is 11.1 Å². The first-order valence-electron chi connectivity index (χ1n) is 7.28. The summed E-state index contributed by atoms with van der Waals surface area (Å²) in [5.41, 5.74) is 1.29. The van der Waals surface area contributed by atoms with Crippen LogP contribution in [0.1, 0.15) is 18.9 Å². The van der Waals surface area contributed by atoms with E-state index in [1.165, 1.54) is 24.3 Å². The molecule has 0 heterocycles. The maximum atomic E-state index is 13.1. The van der Waals surface area contributed by atoms with E-state index in [9.17, 15) is 17.6 Å². The standard InChI is InChI=1S/C17H18FNO3S/c1-2-23(21,22)16-9-7-15(8-10-16)19-17(20)11-6-13-4-3-5-14(18)12-13/h3-5,7-10,12H,2,6,11H2,1H3,(H,19,20). The quantitative estimate of drug-likeness (QED) is 0.882. The Morgan fingerprint density at radius 3 is 2.43 bits per heavy atom. The predicted octanol–water partition coefficient (Wildman–Crippen LogP) is 3.19. The molecule has 2 rings (SSSR count). The van der Waals surface area contributed by atoms with Crippen molar-refractivity contribution in [1.82, 2.24) is 0 Å². The summed E-state index contributed by atoms with van der Waals surface area (Å²) in [6.45, 7) is 1.58. The van der Waals surface area contributed by atoms with Crippen LogP contribution in [0.3, 0.4) is 0 Å². The van der Waals surface area contributed by atoms with Gasteiger partial charge in [-0.1, -0.05) is 19.1 Å². The van der Waals surface area contributed by atoms with Gasteiger partial charge in [-0.3, -0.25) is 4.79 Å². The first kappa shape index (κ1) is 17.1. The second kappa shape index (κ2) is 7.37. The fourth-order valence-corrected chi connectivity index (χ4v) is 2.97. The van der Waals surface area contributed by atoms with E-state index in [-0.39, 0.29) is 28.8 Å². The molecule has 0 saturated heterocycles. The van der Waals surface area contributed by atoms with Crippen molar-refractivity contribution < 1.29 is 17.6 Å². The average molecular weight is 335 g/mol. The Morgan fingerprint density at radius 2 is 1.83 bits per heavy atom. The van der Waals surface area contributed by atoms with Gasteiger partial charge in [0.05, 0.1) is 10.6 Å². The molecule has 6 heteroatoms. The highest BCUT2D eigenvalue weighted by Gasteiger charge is 2.11. The van der Waals surface area contributed by atoms with Crippen molar-refractivity contribution in [3.63, 3.8) is 0 Å². The smallest absolute Gasteiger partial charge is 0.224 e. The summed E-state index contributed by atoms with van der Waals surface area (Å²) in [6.07, 6.45) is 0.657. The number of halogens is 1. The molecule has 0 atom stereocenters. The molecule has 4 nitrogen and oxygen atoms in total. The first-order valence-corrected chi connectivity index (χ1v) is 8.93. The molecule has 0 aromatic heterocycles. The fraction of sp³-hybridized carbons (Fsp3) is 0.235. The number of aryl methyl sites for hydroxylation is 1. The van der Waals surface area contributed by atoms with Gasteiger partial charge in [0.1, 0.15) is 5.82 Å². The third-order valence-electron chi connectivity index (χ3n) is 3.41. The van der Waals surface area contributed by atoms with Gasteiger partial charge in [-0.25, -0.2) is 12.8 Å². The van der Waals surface area contributed by atoms with Gasteiger partial charge in [0.15, 0.2) is 9.84 Å². The highest BCUT2D eigenvalue weighted by atomic mass is 32.2. The van der Waals surface area contributed by atoms with Crippen molar-refractivity contribution in [3.8, 4) is 0 Å². The summed E-state index contributed by atoms with van der Waals surface area (Å²) in [5, 5.41) is 2.70. The van der Waals surface area contributed by atoms with Crippen LogP contribution in [-0.2, 0) is 21.1 Å². The number of carbonyl (C=O) groups excluding carboxylic acids is 1. The fourth-order valence-electron chi connectivity index (χ4n) is 2.09. The zero-order chi connectivity index (χ0) is 16.9. The van der Waals surface area contributed by atoms with Crippen molar-refractivity contribution in [2.45, 2.75) is 24.7 Å². The number of benzene rings is 2. The summed E-state index contributed by atoms with van der Waals surface area (Å²) in [5.74, 6) is -0.497. The Morgan fingerprint density at radius 1 is 1.13 bits per heavy atom. The van der Waals surface area contributed by atoms with Gasteiger partial charge < -0.3 is 5.32 Å². The van der Waals surface area contributed by atoms with Crippen LogP contribution in [0.5, 0.6) is 0 Å². The molecule has 122 valence electrons. The molecule has 0 saturated carbocycles. The lowest BCUT2D eigenvalue weighted by molar-refractivity contribution is -0.116. The predicted molar refractivity (Wildman–Crippen MR) is 87.5 cm³/mol. The van der Waals surface area contributed by atoms with Gasteiger partial charge in [0, 0.05) is 12.1 Å². The van der Waals surface area contributed by atoms with E-state index >= 15 is 0 Å². The second-order valence-corrected chi connectivity index (χ2v) is 7.38. The molecular weight excluding hydrogens is 317 g/mol. The van der Waals surface area contributed by atoms with Crippen LogP contribution in [0.4, 0.5) is 10.1 Å². The third-order valence-corrected chi connectivity index (χ3v) is 5.16. The van der Waals surface area contributed by atoms with Gasteiger partial charge in [-0.15, -0.1) is 0 Å². The highest BCUT2D eigenvalue weighted by Crippen LogP contribution is 2.16. The maximum absolute atomic E-state index is 13.1. The molecule has 1 N–H and O–H groups in total. The van der Waals surface area contributed by atoms with Crippen molar-refractivity contribution in [1.29, 1.82) is 0 Å². The van der Waals surface area contributed by atoms with Gasteiger partial charge in [-0.2, -0.15) is 0 Å². The van der Waals surface area contributed by atoms with Gasteiger partial charge in [-0.05, 0) is 48.4 Å². The zero-order valence-corrected chi connectivity index (χ0v) is 13.6. The molecule has 2 aromatic rings. The number of carbonyl (C=O) groups is 1. The molecule has 0 aliphatic carbocycles. The lowest BCUT2D eigenvalue weighted by atomic mass is 10.1. The number of nitrogens with one attached hydrogen (secondary N) is 1. The normalized spacial score (nSPS) is 11.2. The minimum Gasteiger partial charge on any atom is -0.326 e. The lowest BCUT2D eigenvalue weighted by Crippen LogP contribution is -2.12. The SMILES string of the molecule is CCS(=O)(=O)c1ccc(NC(=O)CCc2cccc(F)c2)cc1. The third kappa shape index (κ3) is 4.89. The van der Waals surface area contributed by atoms with Crippen molar-refractivity contribution in [2.24, 2.45) is 0 Å². The van der Waals surface area contributed by atoms with Crippen LogP contribution in [0, 0.1) is 5.82 Å². The number of amides is 1. The van der Waals surface area contributed by atoms with Crippen LogP contribution in [0.25, 0.3) is 0 Å². The zero-order valence-electron chi connectivity index (χ0n) is 12.8. The van der Waals surface area contributed by atoms with Crippen molar-refractivity contribution >= 4 is 21.4 Å². The van der Waals surface area contributed by atoms with E-state index in [2.05, 4.69) is 5.32 Å². The summed E-state index contributed by atoms with van der Waals surface area (Å²) < 4.78 is 36.5. The molecule has 2 aromatic carbocycles. The molecule has 0 radical (unpaired) electrons. The number of hydrogen-bond donors (Lipinski definition) is 1. The largest absolute Gasteiger partial charge is 0.326 e. The number of anilines is 1. The average Bonchev–Trinajstić information content (AvgIpc) is 2.53. The molecule has 23 heavy (non-hydrogen) atoms. The highest BCUT2D eigenvalue weighted by molar-refractivity contribution is 7.91. The van der Waals surface area contributed by atoms with Crippen LogP contribution in [0.2, 0.25) is 0 Å². The topological polar surface area (TPSA) is 63.2 Å². The van der Waals surface area contributed by atoms with Gasteiger partial charge in [0.2, 0.25) is 5.91 Å². The summed E-state index contributed by atoms with van der Waals surface area (Å²) >= 11 is 0. The minimum absolute atomic E-state index is 0.0341. The monoisotopic (exact) mass is 335 g/mol. The second-order valence-electron chi connectivity index (χ2n) is 5.11. The Kier molecular flexibility index (Phi) is 5.50. The van der Waals surface area contributed by atoms with Gasteiger partial charge in [0.25, 0.3) is 0 Å². The van der Waals surface area contributed by atoms with E-state index in [1.807, 2.05) is 0 Å². The van der Waals surface area contributed by atoms with E-state index in [0.717, 1.165) is 5.56 Å². The van der Waals surface area contributed by atoms with E-state index in [0.29, 0.717) is 12.1 Å². The van der Waals surface area contributed by atoms with E-state index in [1.54, 1.807) is 31.2 Å². The van der Waals surface area contributed by atoms with Crippen LogP contribution < -0.4 is 5.32 Å². The van der Waals surface area contributed by atoms with E-state index < -0.39 is 9.84 Å². The Labute approximate surface area is 135 Å². The molecule has 0 bridgehead atoms. The van der Waals surface area contributed by atoms with E-state index in [4.69, 9.17) is 0 Å². The summed E-state index contributed by atoms with van der Waals surface area (Å²) in [6, 6.07) is 12.2. The molecule has 0 fully saturated rings. The lowest BCUT2D eigenvalue weighted by Gasteiger charge is -2.07. The Balaban J connectivity index is 1.93. The maximum Gasteiger partial charge on any atom is 0.224 e. The molecule has 0 spiro atoms. The molecule has 0 aliphatic rings. The number of hydrogen-bond acceptors (Lipinski definition) is 3.